The average Bonchev–Trinajstić information content (AvgIpc) is 3.09. The van der Waals surface area contributed by atoms with Crippen LogP contribution < -0.4 is 10.2 Å². The maximum Gasteiger partial charge on any atom is 0.261 e. The number of morpholine rings is 1. The summed E-state index contributed by atoms with van der Waals surface area (Å²) in [6.07, 6.45) is 0.0565. The monoisotopic (exact) mass is 409 g/mol. The number of hydrogen-bond acceptors (Lipinski definition) is 5. The highest BCUT2D eigenvalue weighted by molar-refractivity contribution is 6.08. The number of nitrogens with zero attached hydrogens (tertiary/aromatic N) is 2. The highest BCUT2D eigenvalue weighted by Crippen LogP contribution is 2.28. The first-order valence-corrected chi connectivity index (χ1v) is 9.95. The summed E-state index contributed by atoms with van der Waals surface area (Å²) in [5.74, 6) is -0.382. The molecule has 0 bridgehead atoms. The highest BCUT2D eigenvalue weighted by Gasteiger charge is 2.25. The summed E-state index contributed by atoms with van der Waals surface area (Å²) in [6, 6.07) is 14.0. The molecule has 3 aromatic rings. The van der Waals surface area contributed by atoms with Crippen LogP contribution in [0.1, 0.15) is 30.0 Å². The van der Waals surface area contributed by atoms with Crippen molar-refractivity contribution in [3.63, 3.8) is 0 Å². The molecule has 2 unspecified atom stereocenters. The van der Waals surface area contributed by atoms with Gasteiger partial charge in [-0.1, -0.05) is 35.5 Å². The summed E-state index contributed by atoms with van der Waals surface area (Å²) in [5, 5.41) is 6.79. The molecule has 7 heteroatoms. The highest BCUT2D eigenvalue weighted by atomic mass is 19.1. The van der Waals surface area contributed by atoms with Gasteiger partial charge in [0.2, 0.25) is 0 Å². The molecule has 1 aliphatic rings. The number of aryl methyl sites for hydroxylation is 1. The van der Waals surface area contributed by atoms with Gasteiger partial charge >= 0.3 is 0 Å². The Morgan fingerprint density at radius 1 is 1.13 bits per heavy atom. The number of anilines is 2. The normalized spacial score (nSPS) is 19.0. The predicted molar refractivity (Wildman–Crippen MR) is 113 cm³/mol. The Hall–Kier alpha value is -3.19. The van der Waals surface area contributed by atoms with E-state index < -0.39 is 5.91 Å². The molecular weight excluding hydrogens is 385 g/mol. The van der Waals surface area contributed by atoms with Gasteiger partial charge in [0.1, 0.15) is 22.8 Å². The Bertz CT molecular complexity index is 1040. The minimum absolute atomic E-state index is 0.0282. The molecule has 4 rings (SSSR count). The van der Waals surface area contributed by atoms with E-state index in [-0.39, 0.29) is 18.0 Å². The third-order valence-corrected chi connectivity index (χ3v) is 5.10. The number of aromatic nitrogens is 1. The van der Waals surface area contributed by atoms with Crippen molar-refractivity contribution in [2.75, 3.05) is 23.3 Å². The number of halogens is 1. The zero-order valence-corrected chi connectivity index (χ0v) is 17.2. The molecule has 0 spiro atoms. The van der Waals surface area contributed by atoms with Gasteiger partial charge in [0.15, 0.2) is 0 Å². The molecule has 2 atom stereocenters. The van der Waals surface area contributed by atoms with Crippen LogP contribution in [0.4, 0.5) is 15.8 Å². The van der Waals surface area contributed by atoms with E-state index in [1.165, 1.54) is 6.07 Å². The maximum absolute atomic E-state index is 14.8. The van der Waals surface area contributed by atoms with Crippen LogP contribution in [0.2, 0.25) is 0 Å². The molecule has 1 N–H and O–H groups in total. The third kappa shape index (κ3) is 4.07. The fraction of sp³-hybridized carbons (Fsp3) is 0.304. The molecule has 1 aromatic heterocycles. The van der Waals surface area contributed by atoms with Crippen molar-refractivity contribution in [1.29, 1.82) is 0 Å². The summed E-state index contributed by atoms with van der Waals surface area (Å²) in [6.45, 7) is 6.86. The predicted octanol–water partition coefficient (Wildman–Crippen LogP) is 4.66. The molecule has 2 heterocycles. The van der Waals surface area contributed by atoms with Crippen molar-refractivity contribution in [2.45, 2.75) is 33.0 Å². The van der Waals surface area contributed by atoms with E-state index in [0.717, 1.165) is 5.56 Å². The molecule has 156 valence electrons. The van der Waals surface area contributed by atoms with Gasteiger partial charge in [0.05, 0.1) is 17.9 Å². The molecule has 1 fully saturated rings. The summed E-state index contributed by atoms with van der Waals surface area (Å²) < 4.78 is 25.8. The van der Waals surface area contributed by atoms with Crippen LogP contribution in [-0.2, 0) is 4.74 Å². The number of benzene rings is 2. The first-order chi connectivity index (χ1) is 14.4. The van der Waals surface area contributed by atoms with Crippen molar-refractivity contribution < 1.29 is 18.4 Å². The van der Waals surface area contributed by atoms with Crippen molar-refractivity contribution in [3.8, 4) is 11.3 Å². The standard InChI is InChI=1S/C23H24FN3O3/c1-14-12-27(13-15(2)29-14)20-10-9-18(11-19(20)24)25-23(28)21-16(3)30-26-22(21)17-7-5-4-6-8-17/h4-11,14-15H,12-13H2,1-3H3,(H,25,28). The number of carbonyl (C=O) groups is 1. The first kappa shape index (κ1) is 20.1. The van der Waals surface area contributed by atoms with E-state index in [1.54, 1.807) is 19.1 Å². The van der Waals surface area contributed by atoms with Gasteiger partial charge in [-0.3, -0.25) is 4.79 Å². The Kier molecular flexibility index (Phi) is 5.55. The van der Waals surface area contributed by atoms with Crippen molar-refractivity contribution in [1.82, 2.24) is 5.16 Å². The van der Waals surface area contributed by atoms with E-state index in [9.17, 15) is 9.18 Å². The van der Waals surface area contributed by atoms with Crippen LogP contribution >= 0.6 is 0 Å². The van der Waals surface area contributed by atoms with Gasteiger partial charge in [-0.2, -0.15) is 0 Å². The Labute approximate surface area is 174 Å². The molecule has 1 amide bonds. The number of rotatable bonds is 4. The molecule has 30 heavy (non-hydrogen) atoms. The summed E-state index contributed by atoms with van der Waals surface area (Å²) in [7, 11) is 0. The molecule has 0 saturated carbocycles. The fourth-order valence-electron chi connectivity index (χ4n) is 3.84. The first-order valence-electron chi connectivity index (χ1n) is 9.95. The Morgan fingerprint density at radius 3 is 2.50 bits per heavy atom. The largest absolute Gasteiger partial charge is 0.372 e. The molecule has 2 aromatic carbocycles. The smallest absolute Gasteiger partial charge is 0.261 e. The molecule has 0 radical (unpaired) electrons. The second-order valence-corrected chi connectivity index (χ2v) is 7.61. The average molecular weight is 409 g/mol. The van der Waals surface area contributed by atoms with Crippen LogP contribution in [0, 0.1) is 12.7 Å². The Balaban J connectivity index is 1.55. The molecular formula is C23H24FN3O3. The van der Waals surface area contributed by atoms with Gasteiger partial charge in [0.25, 0.3) is 5.91 Å². The summed E-state index contributed by atoms with van der Waals surface area (Å²) in [5.41, 5.74) is 2.44. The van der Waals surface area contributed by atoms with Gasteiger partial charge < -0.3 is 19.5 Å². The number of nitrogens with one attached hydrogen (secondary N) is 1. The fourth-order valence-corrected chi connectivity index (χ4v) is 3.84. The number of ether oxygens (including phenoxy) is 1. The zero-order chi connectivity index (χ0) is 21.3. The van der Waals surface area contributed by atoms with Crippen LogP contribution in [0.15, 0.2) is 53.1 Å². The lowest BCUT2D eigenvalue weighted by atomic mass is 10.1. The van der Waals surface area contributed by atoms with Crippen molar-refractivity contribution >= 4 is 17.3 Å². The lowest BCUT2D eigenvalue weighted by molar-refractivity contribution is -0.00539. The molecule has 0 aliphatic carbocycles. The van der Waals surface area contributed by atoms with Crippen LogP contribution in [-0.4, -0.2) is 36.4 Å². The van der Waals surface area contributed by atoms with Crippen molar-refractivity contribution in [3.05, 3.63) is 65.7 Å². The topological polar surface area (TPSA) is 67.6 Å². The van der Waals surface area contributed by atoms with Crippen LogP contribution in [0.3, 0.4) is 0 Å². The molecule has 6 nitrogen and oxygen atoms in total. The maximum atomic E-state index is 14.8. The SMILES string of the molecule is Cc1onc(-c2ccccc2)c1C(=O)Nc1ccc(N2CC(C)OC(C)C2)c(F)c1. The zero-order valence-electron chi connectivity index (χ0n) is 17.2. The van der Waals surface area contributed by atoms with Crippen LogP contribution in [0.5, 0.6) is 0 Å². The van der Waals surface area contributed by atoms with E-state index in [2.05, 4.69) is 10.5 Å². The lowest BCUT2D eigenvalue weighted by Gasteiger charge is -2.37. The summed E-state index contributed by atoms with van der Waals surface area (Å²) in [4.78, 5) is 14.9. The number of amides is 1. The van der Waals surface area contributed by atoms with E-state index in [0.29, 0.717) is 41.5 Å². The number of hydrogen-bond donors (Lipinski definition) is 1. The van der Waals surface area contributed by atoms with Crippen LogP contribution in [0.25, 0.3) is 11.3 Å². The van der Waals surface area contributed by atoms with Gasteiger partial charge in [-0.25, -0.2) is 4.39 Å². The summed E-state index contributed by atoms with van der Waals surface area (Å²) >= 11 is 0. The van der Waals surface area contributed by atoms with Gasteiger partial charge in [-0.15, -0.1) is 0 Å². The molecule has 1 saturated heterocycles. The Morgan fingerprint density at radius 2 is 1.83 bits per heavy atom. The lowest BCUT2D eigenvalue weighted by Crippen LogP contribution is -2.45. The number of carbonyl (C=O) groups excluding carboxylic acids is 1. The van der Waals surface area contributed by atoms with E-state index in [4.69, 9.17) is 9.26 Å². The minimum atomic E-state index is -0.395. The quantitative estimate of drug-likeness (QED) is 0.679. The third-order valence-electron chi connectivity index (χ3n) is 5.10. The van der Waals surface area contributed by atoms with Gasteiger partial charge in [0, 0.05) is 24.3 Å². The minimum Gasteiger partial charge on any atom is -0.372 e. The van der Waals surface area contributed by atoms with E-state index in [1.807, 2.05) is 49.1 Å². The second-order valence-electron chi connectivity index (χ2n) is 7.61. The second kappa shape index (κ2) is 8.28. The van der Waals surface area contributed by atoms with Crippen molar-refractivity contribution in [2.24, 2.45) is 0 Å². The van der Waals surface area contributed by atoms with E-state index >= 15 is 0 Å². The van der Waals surface area contributed by atoms with Gasteiger partial charge in [-0.05, 0) is 39.0 Å². The molecule has 1 aliphatic heterocycles.